The lowest BCUT2D eigenvalue weighted by molar-refractivity contribution is -0.246. The first-order chi connectivity index (χ1) is 22.1. The molecule has 3 fully saturated rings. The van der Waals surface area contributed by atoms with Gasteiger partial charge in [0.25, 0.3) is 23.5 Å². The molecule has 3 rings (SSSR count). The topological polar surface area (TPSA) is 310 Å². The number of ether oxygens (including phenoxy) is 3. The van der Waals surface area contributed by atoms with Crippen molar-refractivity contribution < 1.29 is 102 Å². The second kappa shape index (κ2) is 17.6. The van der Waals surface area contributed by atoms with Crippen LogP contribution in [0.4, 0.5) is 4.39 Å². The van der Waals surface area contributed by atoms with Gasteiger partial charge in [0.2, 0.25) is 0 Å². The number of hydrogen-bond acceptors (Lipinski definition) is 20. The second-order valence-electron chi connectivity index (χ2n) is 10.4. The van der Waals surface area contributed by atoms with E-state index in [4.69, 9.17) is 47.9 Å². The number of aliphatic hydroxyl groups is 1. The van der Waals surface area contributed by atoms with Crippen LogP contribution < -0.4 is 19.6 Å². The Hall–Kier alpha value is 0.635. The second-order valence-corrected chi connectivity index (χ2v) is 18.4. The molecule has 0 amide bonds. The van der Waals surface area contributed by atoms with Crippen LogP contribution in [0, 0.1) is 0 Å². The van der Waals surface area contributed by atoms with E-state index in [1.807, 2.05) is 0 Å². The third kappa shape index (κ3) is 13.9. The van der Waals surface area contributed by atoms with Crippen molar-refractivity contribution in [2.45, 2.75) is 80.9 Å². The van der Waals surface area contributed by atoms with E-state index < -0.39 is 126 Å². The van der Waals surface area contributed by atoms with E-state index in [-0.39, 0.29) is 19.3 Å². The summed E-state index contributed by atoms with van der Waals surface area (Å²) >= 11 is 0. The van der Waals surface area contributed by atoms with Crippen LogP contribution in [0.5, 0.6) is 0 Å². The molecule has 0 saturated carbocycles. The Balaban J connectivity index is 1.54. The Kier molecular flexibility index (Phi) is 15.8. The van der Waals surface area contributed by atoms with Crippen LogP contribution in [-0.2, 0) is 68.3 Å². The molecule has 0 aromatic rings. The van der Waals surface area contributed by atoms with Crippen LogP contribution in [0.1, 0.15) is 26.2 Å². The first-order valence-corrected chi connectivity index (χ1v) is 21.5. The smallest absolute Gasteiger partial charge is 0.472 e. The summed E-state index contributed by atoms with van der Waals surface area (Å²) in [7, 11) is -14.9. The maximum absolute atomic E-state index is 12.8. The number of phosphoric acid groups is 4. The summed E-state index contributed by atoms with van der Waals surface area (Å²) < 4.78 is 120. The van der Waals surface area contributed by atoms with Crippen molar-refractivity contribution in [1.29, 1.82) is 0 Å². The summed E-state index contributed by atoms with van der Waals surface area (Å²) in [6.07, 6.45) is -10.5. The highest BCUT2D eigenvalue weighted by Gasteiger charge is 2.43. The molecule has 0 aromatic heterocycles. The van der Waals surface area contributed by atoms with Gasteiger partial charge in [-0.05, 0) is 12.8 Å². The molecular formula is C18H30B3FO21P5-4. The fraction of sp³-hybridized carbons (Fsp3) is 1.00. The number of phosphoric ester groups is 3. The molecule has 0 spiro atoms. The van der Waals surface area contributed by atoms with Crippen molar-refractivity contribution in [1.82, 2.24) is 0 Å². The van der Waals surface area contributed by atoms with E-state index in [9.17, 15) is 56.8 Å². The highest BCUT2D eigenvalue weighted by molar-refractivity contribution is 7.66. The Morgan fingerprint density at radius 3 is 1.98 bits per heavy atom. The lowest BCUT2D eigenvalue weighted by Gasteiger charge is -2.35. The van der Waals surface area contributed by atoms with Gasteiger partial charge in [0, 0.05) is 32.3 Å². The van der Waals surface area contributed by atoms with E-state index in [0.717, 1.165) is 14.1 Å². The molecule has 3 aliphatic rings. The molecular weight excluding hydrogens is 758 g/mol. The molecule has 5 unspecified atom stereocenters. The van der Waals surface area contributed by atoms with Crippen LogP contribution in [-0.4, -0.2) is 120 Å². The highest BCUT2D eigenvalue weighted by atomic mass is 31.3. The predicted molar refractivity (Wildman–Crippen MR) is 150 cm³/mol. The van der Waals surface area contributed by atoms with Gasteiger partial charge < -0.3 is 61.9 Å². The molecule has 273 valence electrons. The average molecular weight is 789 g/mol. The fourth-order valence-corrected chi connectivity index (χ4v) is 9.94. The van der Waals surface area contributed by atoms with Crippen LogP contribution >= 0.6 is 38.9 Å². The molecule has 5 radical (unpaired) electrons. The lowest BCUT2D eigenvalue weighted by atomic mass is 9.51. The van der Waals surface area contributed by atoms with Gasteiger partial charge >= 0.3 is 7.82 Å². The first kappa shape index (κ1) is 43.0. The standard InChI is InChI=1S/C18H34B3FO21P5/c1-2-44(24,25)42-48(32,33)43-47(30,31)36-8-15-12(4-17(19)38-15)40-46(28,29)35-9-16-13(5-18(21-20)39-16)41-45(26,27)34-7-14-11(23)3-10(6-22)37-14/h10-18,23H,2-9H2,1H3,(H,24,25)(H,26,27)(H,28,29)(H,30,31)(H,32,33)/p-4/t10-,11+,12+,13+,14-,15-,16-,17-,18-/m1/s1. The van der Waals surface area contributed by atoms with E-state index in [1.54, 1.807) is 0 Å². The van der Waals surface area contributed by atoms with E-state index in [2.05, 4.69) is 13.1 Å². The number of alkyl halides is 1. The van der Waals surface area contributed by atoms with E-state index >= 15 is 0 Å². The largest absolute Gasteiger partial charge is 0.778 e. The molecule has 2 N–H and O–H groups in total. The maximum Gasteiger partial charge on any atom is 0.472 e. The number of halogens is 1. The van der Waals surface area contributed by atoms with Crippen LogP contribution in [0.15, 0.2) is 0 Å². The van der Waals surface area contributed by atoms with Gasteiger partial charge in [-0.1, -0.05) is 6.92 Å². The normalized spacial score (nSPS) is 37.2. The van der Waals surface area contributed by atoms with Crippen LogP contribution in [0.2, 0.25) is 0 Å². The molecule has 3 aliphatic heterocycles. The van der Waals surface area contributed by atoms with Gasteiger partial charge in [-0.25, -0.2) is 13.3 Å². The summed E-state index contributed by atoms with van der Waals surface area (Å²) in [4.78, 5) is 57.8. The van der Waals surface area contributed by atoms with Gasteiger partial charge in [0.1, 0.15) is 40.4 Å². The molecule has 3 heterocycles. The third-order valence-electron chi connectivity index (χ3n) is 6.69. The summed E-state index contributed by atoms with van der Waals surface area (Å²) in [5.41, 5.74) is 0. The maximum atomic E-state index is 12.8. The first-order valence-electron chi connectivity index (χ1n) is 13.9. The summed E-state index contributed by atoms with van der Waals surface area (Å²) in [6.45, 7) is -2.52. The predicted octanol–water partition coefficient (Wildman–Crippen LogP) is -2.41. The molecule has 0 bridgehead atoms. The number of hydrogen-bond donors (Lipinski definition) is 2. The molecule has 30 heteroatoms. The minimum absolute atomic E-state index is 0.0590. The van der Waals surface area contributed by atoms with Crippen molar-refractivity contribution in [3.8, 4) is 0 Å². The van der Waals surface area contributed by atoms with Crippen molar-refractivity contribution in [2.24, 2.45) is 0 Å². The Labute approximate surface area is 277 Å². The van der Waals surface area contributed by atoms with Gasteiger partial charge in [-0.15, -0.1) is 0 Å². The zero-order valence-corrected chi connectivity index (χ0v) is 29.3. The van der Waals surface area contributed by atoms with Crippen molar-refractivity contribution in [3.63, 3.8) is 0 Å². The van der Waals surface area contributed by atoms with Crippen LogP contribution in [0.25, 0.3) is 0 Å². The van der Waals surface area contributed by atoms with Crippen molar-refractivity contribution >= 4 is 61.6 Å². The quantitative estimate of drug-likeness (QED) is 0.0959. The average Bonchev–Trinajstić information content (AvgIpc) is 3.63. The Morgan fingerprint density at radius 1 is 0.812 bits per heavy atom. The van der Waals surface area contributed by atoms with Gasteiger partial charge in [-0.3, -0.25) is 27.1 Å². The third-order valence-corrected chi connectivity index (χ3v) is 13.3. The Bertz CT molecular complexity index is 1320. The zero-order valence-electron chi connectivity index (χ0n) is 24.9. The van der Waals surface area contributed by atoms with Gasteiger partial charge in [0.15, 0.2) is 0 Å². The molecule has 48 heavy (non-hydrogen) atoms. The summed E-state index contributed by atoms with van der Waals surface area (Å²) in [6, 6.07) is -2.12. The highest BCUT2D eigenvalue weighted by Crippen LogP contribution is 2.62. The van der Waals surface area contributed by atoms with E-state index in [1.165, 1.54) is 0 Å². The summed E-state index contributed by atoms with van der Waals surface area (Å²) in [5.74, 6) is 0. The van der Waals surface area contributed by atoms with Gasteiger partial charge in [0.05, 0.1) is 51.4 Å². The Morgan fingerprint density at radius 2 is 1.40 bits per heavy atom. The van der Waals surface area contributed by atoms with Crippen molar-refractivity contribution in [2.75, 3.05) is 32.7 Å². The molecule has 21 nitrogen and oxygen atoms in total. The summed E-state index contributed by atoms with van der Waals surface area (Å²) in [5, 5.41) is 9.90. The minimum Gasteiger partial charge on any atom is -0.778 e. The molecule has 0 aliphatic carbocycles. The SMILES string of the molecule is [B][B][C@H]1C[C@H](OP(=O)(O)OC[C@H]2O[C@@H](CF)C[C@@H]2O)[C@@H](COP(=O)([O-])O[C@H]2C[C@H]([B])O[C@@H]2COP(=O)([O-])OP(=O)([O-])OP(=O)([O-])CC)O1. The monoisotopic (exact) mass is 789 g/mol. The van der Waals surface area contributed by atoms with Crippen LogP contribution in [0.3, 0.4) is 0 Å². The number of aliphatic hydroxyl groups excluding tert-OH is 1. The zero-order chi connectivity index (χ0) is 36.1. The number of rotatable bonds is 20. The van der Waals surface area contributed by atoms with E-state index in [0.29, 0.717) is 0 Å². The van der Waals surface area contributed by atoms with Gasteiger partial charge in [-0.2, -0.15) is 0 Å². The molecule has 14 atom stereocenters. The lowest BCUT2D eigenvalue weighted by Crippen LogP contribution is -2.33. The fourth-order valence-electron chi connectivity index (χ4n) is 4.47. The molecule has 0 aromatic carbocycles. The molecule has 3 saturated heterocycles. The minimum atomic E-state index is -5.97. The van der Waals surface area contributed by atoms with Crippen molar-refractivity contribution in [3.05, 3.63) is 0 Å².